The lowest BCUT2D eigenvalue weighted by atomic mass is 9.95. The molecule has 0 aliphatic carbocycles. The summed E-state index contributed by atoms with van der Waals surface area (Å²) in [4.78, 5) is 0. The summed E-state index contributed by atoms with van der Waals surface area (Å²) in [5, 5.41) is 0.542. The van der Waals surface area contributed by atoms with E-state index in [9.17, 15) is 0 Å². The van der Waals surface area contributed by atoms with E-state index in [0.717, 1.165) is 17.7 Å². The minimum absolute atomic E-state index is 0.208. The van der Waals surface area contributed by atoms with Crippen molar-refractivity contribution in [3.05, 3.63) is 16.7 Å². The summed E-state index contributed by atoms with van der Waals surface area (Å²) in [7, 11) is 1.61. The average Bonchev–Trinajstić information content (AvgIpc) is 2.37. The quantitative estimate of drug-likeness (QED) is 0.914. The first-order valence-corrected chi connectivity index (χ1v) is 6.42. The lowest BCUT2D eigenvalue weighted by Crippen LogP contribution is -2.18. The van der Waals surface area contributed by atoms with E-state index < -0.39 is 0 Å². The predicted octanol–water partition coefficient (Wildman–Crippen LogP) is 2.57. The van der Waals surface area contributed by atoms with Crippen LogP contribution in [0.2, 0.25) is 5.02 Å². The number of methoxy groups -OCH3 is 1. The molecule has 1 aliphatic rings. The van der Waals surface area contributed by atoms with Crippen molar-refractivity contribution in [2.45, 2.75) is 19.3 Å². The molecule has 0 bridgehead atoms. The molecule has 0 fully saturated rings. The zero-order chi connectivity index (χ0) is 13.1. The van der Waals surface area contributed by atoms with Crippen molar-refractivity contribution in [3.63, 3.8) is 0 Å². The van der Waals surface area contributed by atoms with Crippen LogP contribution < -0.4 is 19.9 Å². The van der Waals surface area contributed by atoms with Gasteiger partial charge in [-0.15, -0.1) is 0 Å². The highest BCUT2D eigenvalue weighted by Gasteiger charge is 2.26. The summed E-state index contributed by atoms with van der Waals surface area (Å²) in [6, 6.07) is 1.74. The highest BCUT2D eigenvalue weighted by molar-refractivity contribution is 6.32. The third-order valence-corrected chi connectivity index (χ3v) is 3.35. The van der Waals surface area contributed by atoms with Gasteiger partial charge in [-0.05, 0) is 18.9 Å². The van der Waals surface area contributed by atoms with Crippen molar-refractivity contribution in [3.8, 4) is 17.2 Å². The molecule has 0 aromatic heterocycles. The zero-order valence-corrected chi connectivity index (χ0v) is 11.4. The van der Waals surface area contributed by atoms with Crippen LogP contribution in [-0.4, -0.2) is 26.9 Å². The maximum Gasteiger partial charge on any atom is 0.168 e. The van der Waals surface area contributed by atoms with Crippen LogP contribution in [-0.2, 0) is 0 Å². The van der Waals surface area contributed by atoms with E-state index in [4.69, 9.17) is 31.5 Å². The first kappa shape index (κ1) is 13.3. The number of halogens is 1. The largest absolute Gasteiger partial charge is 0.495 e. The number of hydrogen-bond donors (Lipinski definition) is 1. The molecule has 0 radical (unpaired) electrons. The molecule has 1 aromatic carbocycles. The molecule has 0 saturated carbocycles. The Morgan fingerprint density at radius 2 is 2.17 bits per heavy atom. The van der Waals surface area contributed by atoms with E-state index in [1.807, 2.05) is 0 Å². The van der Waals surface area contributed by atoms with E-state index in [2.05, 4.69) is 6.92 Å². The van der Waals surface area contributed by atoms with Gasteiger partial charge in [-0.1, -0.05) is 18.5 Å². The number of rotatable bonds is 4. The van der Waals surface area contributed by atoms with E-state index in [1.54, 1.807) is 13.2 Å². The Kier molecular flexibility index (Phi) is 4.19. The van der Waals surface area contributed by atoms with E-state index >= 15 is 0 Å². The van der Waals surface area contributed by atoms with Gasteiger partial charge >= 0.3 is 0 Å². The normalized spacial score (nSPS) is 15.3. The SMILES string of the molecule is COc1c(Cl)cc2c(c1C(C)CCN)OCCO2. The second kappa shape index (κ2) is 5.67. The van der Waals surface area contributed by atoms with Gasteiger partial charge in [0, 0.05) is 11.6 Å². The van der Waals surface area contributed by atoms with Crippen molar-refractivity contribution in [1.29, 1.82) is 0 Å². The minimum atomic E-state index is 0.208. The van der Waals surface area contributed by atoms with Crippen molar-refractivity contribution < 1.29 is 14.2 Å². The van der Waals surface area contributed by atoms with Crippen molar-refractivity contribution in [2.75, 3.05) is 26.9 Å². The fourth-order valence-corrected chi connectivity index (χ4v) is 2.49. The summed E-state index contributed by atoms with van der Waals surface area (Å²) in [5.74, 6) is 2.29. The fraction of sp³-hybridized carbons (Fsp3) is 0.538. The molecule has 2 rings (SSSR count). The number of hydrogen-bond acceptors (Lipinski definition) is 4. The Balaban J connectivity index is 2.54. The van der Waals surface area contributed by atoms with Crippen LogP contribution in [0.5, 0.6) is 17.2 Å². The van der Waals surface area contributed by atoms with Gasteiger partial charge in [0.25, 0.3) is 0 Å². The molecule has 1 heterocycles. The van der Waals surface area contributed by atoms with Gasteiger partial charge < -0.3 is 19.9 Å². The Hall–Kier alpha value is -1.13. The van der Waals surface area contributed by atoms with E-state index in [0.29, 0.717) is 36.3 Å². The summed E-state index contributed by atoms with van der Waals surface area (Å²) in [6.07, 6.45) is 0.840. The minimum Gasteiger partial charge on any atom is -0.495 e. The molecule has 4 nitrogen and oxygen atoms in total. The summed E-state index contributed by atoms with van der Waals surface area (Å²) < 4.78 is 16.7. The lowest BCUT2D eigenvalue weighted by Gasteiger charge is -2.26. The topological polar surface area (TPSA) is 53.7 Å². The van der Waals surface area contributed by atoms with Crippen LogP contribution in [0.1, 0.15) is 24.8 Å². The fourth-order valence-electron chi connectivity index (χ4n) is 2.21. The predicted molar refractivity (Wildman–Crippen MR) is 71.1 cm³/mol. The average molecular weight is 272 g/mol. The number of nitrogens with two attached hydrogens (primary N) is 1. The summed E-state index contributed by atoms with van der Waals surface area (Å²) in [5.41, 5.74) is 6.58. The lowest BCUT2D eigenvalue weighted by molar-refractivity contribution is 0.168. The van der Waals surface area contributed by atoms with Gasteiger partial charge in [0.15, 0.2) is 11.5 Å². The molecule has 1 unspecified atom stereocenters. The Bertz CT molecular complexity index is 437. The molecule has 5 heteroatoms. The highest BCUT2D eigenvalue weighted by atomic mass is 35.5. The molecule has 2 N–H and O–H groups in total. The summed E-state index contributed by atoms with van der Waals surface area (Å²) >= 11 is 6.22. The van der Waals surface area contributed by atoms with Crippen molar-refractivity contribution in [2.24, 2.45) is 5.73 Å². The van der Waals surface area contributed by atoms with Crippen LogP contribution in [0.15, 0.2) is 6.07 Å². The molecular weight excluding hydrogens is 254 g/mol. The van der Waals surface area contributed by atoms with Crippen LogP contribution >= 0.6 is 11.6 Å². The van der Waals surface area contributed by atoms with E-state index in [1.165, 1.54) is 0 Å². The van der Waals surface area contributed by atoms with Gasteiger partial charge in [0.05, 0.1) is 12.1 Å². The molecule has 0 saturated heterocycles. The Morgan fingerprint density at radius 3 is 2.83 bits per heavy atom. The number of fused-ring (bicyclic) bond motifs is 1. The third-order valence-electron chi connectivity index (χ3n) is 3.07. The second-order valence-electron chi connectivity index (χ2n) is 4.31. The highest BCUT2D eigenvalue weighted by Crippen LogP contribution is 2.48. The number of benzene rings is 1. The standard InChI is InChI=1S/C13H18ClNO3/c1-8(3-4-15)11-12(16-2)9(14)7-10-13(11)18-6-5-17-10/h7-8H,3-6,15H2,1-2H3. The third kappa shape index (κ3) is 2.35. The maximum absolute atomic E-state index is 6.22. The molecule has 1 aromatic rings. The van der Waals surface area contributed by atoms with Gasteiger partial charge in [-0.3, -0.25) is 0 Å². The van der Waals surface area contributed by atoms with Crippen molar-refractivity contribution in [1.82, 2.24) is 0 Å². The van der Waals surface area contributed by atoms with Crippen LogP contribution in [0, 0.1) is 0 Å². The molecule has 0 amide bonds. The van der Waals surface area contributed by atoms with Gasteiger partial charge in [-0.25, -0.2) is 0 Å². The van der Waals surface area contributed by atoms with Gasteiger partial charge in [0.2, 0.25) is 0 Å². The molecule has 18 heavy (non-hydrogen) atoms. The maximum atomic E-state index is 6.22. The molecule has 100 valence electrons. The van der Waals surface area contributed by atoms with Gasteiger partial charge in [0.1, 0.15) is 19.0 Å². The smallest absolute Gasteiger partial charge is 0.168 e. The molecule has 1 aliphatic heterocycles. The van der Waals surface area contributed by atoms with Crippen LogP contribution in [0.25, 0.3) is 0 Å². The Morgan fingerprint density at radius 1 is 1.44 bits per heavy atom. The summed E-state index contributed by atoms with van der Waals surface area (Å²) in [6.45, 7) is 3.77. The Labute approximate surface area is 112 Å². The van der Waals surface area contributed by atoms with Crippen LogP contribution in [0.4, 0.5) is 0 Å². The van der Waals surface area contributed by atoms with Gasteiger partial charge in [-0.2, -0.15) is 0 Å². The molecular formula is C13H18ClNO3. The van der Waals surface area contributed by atoms with Crippen LogP contribution in [0.3, 0.4) is 0 Å². The molecule has 1 atom stereocenters. The first-order chi connectivity index (χ1) is 8.69. The van der Waals surface area contributed by atoms with E-state index in [-0.39, 0.29) is 5.92 Å². The second-order valence-corrected chi connectivity index (χ2v) is 4.72. The number of ether oxygens (including phenoxy) is 3. The molecule has 0 spiro atoms. The monoisotopic (exact) mass is 271 g/mol. The van der Waals surface area contributed by atoms with Crippen molar-refractivity contribution >= 4 is 11.6 Å². The first-order valence-electron chi connectivity index (χ1n) is 6.05. The zero-order valence-electron chi connectivity index (χ0n) is 10.7.